The number of carbonyl (C=O) groups is 3. The number of rotatable bonds is 7. The van der Waals surface area contributed by atoms with E-state index in [1.165, 1.54) is 18.2 Å². The molecule has 10 heteroatoms. The Hall–Kier alpha value is -4.86. The Morgan fingerprint density at radius 2 is 1.62 bits per heavy atom. The Balaban J connectivity index is 1.48. The summed E-state index contributed by atoms with van der Waals surface area (Å²) in [5.74, 6) is -1.36. The number of nitro groups is 1. The molecule has 4 aromatic rings. The first-order valence-corrected chi connectivity index (χ1v) is 11.7. The van der Waals surface area contributed by atoms with Gasteiger partial charge in [0.15, 0.2) is 5.58 Å². The number of hydrogen-bond donors (Lipinski definition) is 1. The maximum Gasteiger partial charge on any atom is 0.271 e. The lowest BCUT2D eigenvalue weighted by atomic mass is 10.0. The van der Waals surface area contributed by atoms with E-state index in [1.54, 1.807) is 48.5 Å². The molecule has 0 radical (unpaired) electrons. The number of imide groups is 1. The molecule has 1 atom stereocenters. The van der Waals surface area contributed by atoms with Crippen LogP contribution in [0.25, 0.3) is 22.6 Å². The molecule has 1 unspecified atom stereocenters. The fourth-order valence-electron chi connectivity index (χ4n) is 4.41. The van der Waals surface area contributed by atoms with E-state index in [4.69, 9.17) is 4.42 Å². The fraction of sp³-hybridized carbons (Fsp3) is 0.185. The number of amides is 3. The molecule has 1 aliphatic heterocycles. The van der Waals surface area contributed by atoms with Crippen LogP contribution in [0.15, 0.2) is 71.1 Å². The van der Waals surface area contributed by atoms with E-state index in [0.29, 0.717) is 22.4 Å². The van der Waals surface area contributed by atoms with Gasteiger partial charge in [0.1, 0.15) is 11.6 Å². The molecule has 1 aliphatic rings. The lowest BCUT2D eigenvalue weighted by Crippen LogP contribution is -2.48. The van der Waals surface area contributed by atoms with Crippen LogP contribution in [0.2, 0.25) is 0 Å². The van der Waals surface area contributed by atoms with Gasteiger partial charge >= 0.3 is 0 Å². The third kappa shape index (κ3) is 4.33. The molecule has 186 valence electrons. The number of nitro benzene ring substituents is 1. The van der Waals surface area contributed by atoms with Crippen LogP contribution >= 0.6 is 0 Å². The largest absolute Gasteiger partial charge is 0.436 e. The summed E-state index contributed by atoms with van der Waals surface area (Å²) in [5, 5.41) is 14.0. The fourth-order valence-corrected chi connectivity index (χ4v) is 4.41. The Morgan fingerprint density at radius 3 is 2.24 bits per heavy atom. The first kappa shape index (κ1) is 23.9. The molecule has 5 rings (SSSR count). The monoisotopic (exact) mass is 498 g/mol. The van der Waals surface area contributed by atoms with Crippen molar-refractivity contribution in [2.45, 2.75) is 26.3 Å². The number of aromatic nitrogens is 1. The molecule has 0 fully saturated rings. The molecule has 0 saturated carbocycles. The number of carbonyl (C=O) groups excluding carboxylic acids is 3. The average molecular weight is 498 g/mol. The number of para-hydroxylation sites is 1. The van der Waals surface area contributed by atoms with E-state index >= 15 is 0 Å². The van der Waals surface area contributed by atoms with Crippen molar-refractivity contribution >= 4 is 40.2 Å². The minimum absolute atomic E-state index is 0.0168. The van der Waals surface area contributed by atoms with E-state index in [0.717, 1.165) is 4.90 Å². The van der Waals surface area contributed by atoms with Crippen LogP contribution in [0.3, 0.4) is 0 Å². The number of non-ortho nitro benzene ring substituents is 1. The van der Waals surface area contributed by atoms with Gasteiger partial charge in [0, 0.05) is 12.1 Å². The first-order chi connectivity index (χ1) is 17.7. The highest BCUT2D eigenvalue weighted by Gasteiger charge is 2.42. The van der Waals surface area contributed by atoms with Crippen LogP contribution in [-0.2, 0) is 4.79 Å². The molecule has 0 spiro atoms. The highest BCUT2D eigenvalue weighted by Crippen LogP contribution is 2.33. The summed E-state index contributed by atoms with van der Waals surface area (Å²) in [7, 11) is 0. The van der Waals surface area contributed by atoms with Gasteiger partial charge in [0.25, 0.3) is 17.5 Å². The van der Waals surface area contributed by atoms with Gasteiger partial charge < -0.3 is 9.73 Å². The molecule has 0 bridgehead atoms. The summed E-state index contributed by atoms with van der Waals surface area (Å²) in [6.45, 7) is 3.81. The Bertz CT molecular complexity index is 1540. The zero-order valence-corrected chi connectivity index (χ0v) is 20.0. The van der Waals surface area contributed by atoms with Crippen LogP contribution in [0.5, 0.6) is 0 Å². The number of hydrogen-bond acceptors (Lipinski definition) is 7. The summed E-state index contributed by atoms with van der Waals surface area (Å²) < 4.78 is 5.81. The van der Waals surface area contributed by atoms with Crippen LogP contribution in [0.4, 0.5) is 11.4 Å². The number of nitrogens with one attached hydrogen (secondary N) is 1. The van der Waals surface area contributed by atoms with Gasteiger partial charge in [-0.3, -0.25) is 29.4 Å². The number of oxazole rings is 1. The second-order valence-corrected chi connectivity index (χ2v) is 9.13. The Kier molecular flexibility index (Phi) is 6.00. The highest BCUT2D eigenvalue weighted by molar-refractivity contribution is 6.23. The normalized spacial score (nSPS) is 13.8. The molecule has 2 heterocycles. The first-order valence-electron chi connectivity index (χ1n) is 11.7. The molecule has 0 saturated heterocycles. The summed E-state index contributed by atoms with van der Waals surface area (Å²) in [5.41, 5.74) is 1.88. The van der Waals surface area contributed by atoms with Gasteiger partial charge in [-0.25, -0.2) is 4.98 Å². The van der Waals surface area contributed by atoms with Gasteiger partial charge in [0.2, 0.25) is 11.8 Å². The van der Waals surface area contributed by atoms with Crippen molar-refractivity contribution in [3.8, 4) is 11.5 Å². The molecule has 3 aromatic carbocycles. The van der Waals surface area contributed by atoms with E-state index in [9.17, 15) is 24.5 Å². The molecule has 3 amide bonds. The minimum Gasteiger partial charge on any atom is -0.436 e. The molecular weight excluding hydrogens is 476 g/mol. The molecule has 1 aromatic heterocycles. The smallest absolute Gasteiger partial charge is 0.271 e. The summed E-state index contributed by atoms with van der Waals surface area (Å²) in [6.07, 6.45) is 0.270. The highest BCUT2D eigenvalue weighted by atomic mass is 16.6. The van der Waals surface area contributed by atoms with Gasteiger partial charge in [0.05, 0.1) is 27.3 Å². The quantitative estimate of drug-likeness (QED) is 0.214. The molecule has 10 nitrogen and oxygen atoms in total. The number of benzene rings is 3. The molecule has 37 heavy (non-hydrogen) atoms. The molecular formula is C27H22N4O6. The zero-order chi connectivity index (χ0) is 26.3. The minimum atomic E-state index is -1.04. The molecule has 0 aliphatic carbocycles. The average Bonchev–Trinajstić information content (AvgIpc) is 3.41. The van der Waals surface area contributed by atoms with Crippen molar-refractivity contribution in [1.82, 2.24) is 9.88 Å². The van der Waals surface area contributed by atoms with Gasteiger partial charge in [-0.05, 0) is 42.7 Å². The van der Waals surface area contributed by atoms with Crippen LogP contribution in [0.1, 0.15) is 41.0 Å². The number of anilines is 1. The number of nitrogens with zero attached hydrogens (tertiary/aromatic N) is 3. The maximum absolute atomic E-state index is 13.6. The van der Waals surface area contributed by atoms with Crippen molar-refractivity contribution in [3.63, 3.8) is 0 Å². The Morgan fingerprint density at radius 1 is 1.00 bits per heavy atom. The topological polar surface area (TPSA) is 136 Å². The van der Waals surface area contributed by atoms with Crippen LogP contribution in [-0.4, -0.2) is 38.6 Å². The van der Waals surface area contributed by atoms with E-state index in [1.807, 2.05) is 13.8 Å². The lowest BCUT2D eigenvalue weighted by molar-refractivity contribution is -0.384. The van der Waals surface area contributed by atoms with Gasteiger partial charge in [-0.2, -0.15) is 0 Å². The number of fused-ring (bicyclic) bond motifs is 2. The predicted octanol–water partition coefficient (Wildman–Crippen LogP) is 5.05. The third-order valence-electron chi connectivity index (χ3n) is 6.13. The second-order valence-electron chi connectivity index (χ2n) is 9.13. The predicted molar refractivity (Wildman–Crippen MR) is 135 cm³/mol. The van der Waals surface area contributed by atoms with Crippen molar-refractivity contribution in [3.05, 3.63) is 88.0 Å². The van der Waals surface area contributed by atoms with Crippen LogP contribution in [0, 0.1) is 16.0 Å². The van der Waals surface area contributed by atoms with Crippen LogP contribution < -0.4 is 5.32 Å². The second kappa shape index (κ2) is 9.30. The summed E-state index contributed by atoms with van der Waals surface area (Å²) in [6, 6.07) is 16.4. The van der Waals surface area contributed by atoms with Gasteiger partial charge in [-0.15, -0.1) is 0 Å². The standard InChI is InChI=1S/C27H22N4O6/c1-15(2)13-22(30-26(33)17-7-3-4-8-18(17)27(30)34)24(32)28-20-10-6-5-9-19(20)25-29-21-14-16(31(35)36)11-12-23(21)37-25/h3-12,14-15,22H,13H2,1-2H3,(H,28,32). The van der Waals surface area contributed by atoms with Crippen molar-refractivity contribution < 1.29 is 23.7 Å². The lowest BCUT2D eigenvalue weighted by Gasteiger charge is -2.27. The van der Waals surface area contributed by atoms with Crippen molar-refractivity contribution in [2.24, 2.45) is 5.92 Å². The SMILES string of the molecule is CC(C)CC(C(=O)Nc1ccccc1-c1nc2cc([N+](=O)[O-])ccc2o1)N1C(=O)c2ccccc2C1=O. The summed E-state index contributed by atoms with van der Waals surface area (Å²) >= 11 is 0. The van der Waals surface area contributed by atoms with Crippen molar-refractivity contribution in [2.75, 3.05) is 5.32 Å². The van der Waals surface area contributed by atoms with Gasteiger partial charge in [-0.1, -0.05) is 38.1 Å². The van der Waals surface area contributed by atoms with Crippen molar-refractivity contribution in [1.29, 1.82) is 0 Å². The Labute approximate surface area is 211 Å². The maximum atomic E-state index is 13.6. The zero-order valence-electron chi connectivity index (χ0n) is 20.0. The molecule has 1 N–H and O–H groups in total. The van der Waals surface area contributed by atoms with E-state index in [-0.39, 0.29) is 35.0 Å². The van der Waals surface area contributed by atoms with E-state index < -0.39 is 28.7 Å². The summed E-state index contributed by atoms with van der Waals surface area (Å²) in [4.78, 5) is 55.8. The van der Waals surface area contributed by atoms with E-state index in [2.05, 4.69) is 10.3 Å². The third-order valence-corrected chi connectivity index (χ3v) is 6.13.